The molecule has 0 aliphatic heterocycles. The van der Waals surface area contributed by atoms with Crippen LogP contribution in [0, 0.1) is 0 Å². The number of benzene rings is 2. The topological polar surface area (TPSA) is 157 Å². The Balaban J connectivity index is 1.73. The third kappa shape index (κ3) is 9.39. The Labute approximate surface area is 197 Å². The van der Waals surface area contributed by atoms with Crippen LogP contribution in [0.5, 0.6) is 0 Å². The smallest absolute Gasteiger partial charge is 0.245 e. The van der Waals surface area contributed by atoms with E-state index < -0.39 is 55.5 Å². The largest absolute Gasteiger partial charge is 0.394 e. The average molecular weight is 471 g/mol. The van der Waals surface area contributed by atoms with Gasteiger partial charge in [-0.25, -0.2) is 0 Å². The maximum atomic E-state index is 12.2. The molecule has 0 heterocycles. The van der Waals surface area contributed by atoms with Crippen LogP contribution < -0.4 is 21.3 Å². The molecular formula is C24H30N4O6. The molecule has 4 amide bonds. The highest BCUT2D eigenvalue weighted by Gasteiger charge is 2.23. The summed E-state index contributed by atoms with van der Waals surface area (Å²) in [7, 11) is 0. The van der Waals surface area contributed by atoms with Crippen LogP contribution in [0.1, 0.15) is 17.5 Å². The monoisotopic (exact) mass is 470 g/mol. The van der Waals surface area contributed by atoms with Crippen molar-refractivity contribution in [3.8, 4) is 0 Å². The first-order valence-corrected chi connectivity index (χ1v) is 10.9. The van der Waals surface area contributed by atoms with Crippen molar-refractivity contribution in [1.29, 1.82) is 0 Å². The summed E-state index contributed by atoms with van der Waals surface area (Å²) >= 11 is 0. The summed E-state index contributed by atoms with van der Waals surface area (Å²) in [5.74, 6) is -2.46. The summed E-state index contributed by atoms with van der Waals surface area (Å²) < 4.78 is 0. The molecule has 0 fully saturated rings. The van der Waals surface area contributed by atoms with E-state index in [9.17, 15) is 29.4 Å². The molecule has 2 aromatic rings. The molecule has 0 saturated carbocycles. The van der Waals surface area contributed by atoms with Gasteiger partial charge in [0.1, 0.15) is 12.1 Å². The fourth-order valence-corrected chi connectivity index (χ4v) is 3.00. The Kier molecular flexibility index (Phi) is 11.2. The summed E-state index contributed by atoms with van der Waals surface area (Å²) in [5, 5.41) is 28.5. The third-order valence-corrected chi connectivity index (χ3v) is 4.88. The van der Waals surface area contributed by atoms with Gasteiger partial charge < -0.3 is 31.5 Å². The van der Waals surface area contributed by atoms with Crippen molar-refractivity contribution in [1.82, 2.24) is 21.3 Å². The molecule has 10 heteroatoms. The van der Waals surface area contributed by atoms with E-state index in [0.29, 0.717) is 6.42 Å². The molecule has 2 atom stereocenters. The van der Waals surface area contributed by atoms with Crippen LogP contribution in [-0.2, 0) is 32.1 Å². The van der Waals surface area contributed by atoms with Gasteiger partial charge in [0.15, 0.2) is 0 Å². The number of hydrogen-bond acceptors (Lipinski definition) is 6. The third-order valence-electron chi connectivity index (χ3n) is 4.88. The number of rotatable bonds is 13. The molecule has 0 aliphatic rings. The summed E-state index contributed by atoms with van der Waals surface area (Å²) in [4.78, 5) is 48.7. The quantitative estimate of drug-likeness (QED) is 0.221. The number of carbonyl (C=O) groups excluding carboxylic acids is 4. The van der Waals surface area contributed by atoms with Crippen molar-refractivity contribution in [3.63, 3.8) is 0 Å². The van der Waals surface area contributed by atoms with E-state index >= 15 is 0 Å². The van der Waals surface area contributed by atoms with Gasteiger partial charge in [-0.05, 0) is 17.5 Å². The normalized spacial score (nSPS) is 12.2. The molecule has 6 N–H and O–H groups in total. The van der Waals surface area contributed by atoms with Gasteiger partial charge in [-0.2, -0.15) is 0 Å². The number of aliphatic hydroxyl groups is 2. The first-order chi connectivity index (χ1) is 16.4. The van der Waals surface area contributed by atoms with E-state index in [0.717, 1.165) is 11.1 Å². The van der Waals surface area contributed by atoms with Crippen molar-refractivity contribution >= 4 is 23.6 Å². The van der Waals surface area contributed by atoms with E-state index in [2.05, 4.69) is 21.3 Å². The number of aryl methyl sites for hydroxylation is 1. The molecule has 0 bridgehead atoms. The van der Waals surface area contributed by atoms with Gasteiger partial charge in [0, 0.05) is 13.0 Å². The predicted molar refractivity (Wildman–Crippen MR) is 124 cm³/mol. The van der Waals surface area contributed by atoms with Gasteiger partial charge in [-0.1, -0.05) is 60.7 Å². The second-order valence-electron chi connectivity index (χ2n) is 7.51. The summed E-state index contributed by atoms with van der Waals surface area (Å²) in [6.07, 6.45) is 0.605. The maximum Gasteiger partial charge on any atom is 0.245 e. The fourth-order valence-electron chi connectivity index (χ4n) is 3.00. The van der Waals surface area contributed by atoms with Crippen LogP contribution in [0.15, 0.2) is 60.7 Å². The summed E-state index contributed by atoms with van der Waals surface area (Å²) in [6.45, 7) is -1.55. The van der Waals surface area contributed by atoms with Crippen molar-refractivity contribution < 1.29 is 29.4 Å². The highest BCUT2D eigenvalue weighted by molar-refractivity contribution is 5.92. The second-order valence-corrected chi connectivity index (χ2v) is 7.51. The molecule has 0 aromatic heterocycles. The molecular weight excluding hydrogens is 440 g/mol. The Bertz CT molecular complexity index is 939. The molecule has 0 radical (unpaired) electrons. The maximum absolute atomic E-state index is 12.2. The van der Waals surface area contributed by atoms with Crippen LogP contribution >= 0.6 is 0 Å². The Morgan fingerprint density at radius 2 is 1.18 bits per heavy atom. The molecule has 2 rings (SSSR count). The van der Waals surface area contributed by atoms with Crippen LogP contribution in [0.4, 0.5) is 0 Å². The zero-order valence-corrected chi connectivity index (χ0v) is 18.7. The van der Waals surface area contributed by atoms with Crippen molar-refractivity contribution in [2.24, 2.45) is 0 Å². The highest BCUT2D eigenvalue weighted by Crippen LogP contribution is 2.02. The van der Waals surface area contributed by atoms with Crippen molar-refractivity contribution in [2.45, 2.75) is 31.5 Å². The minimum Gasteiger partial charge on any atom is -0.394 e. The Morgan fingerprint density at radius 3 is 1.74 bits per heavy atom. The van der Waals surface area contributed by atoms with Crippen LogP contribution in [0.3, 0.4) is 0 Å². The average Bonchev–Trinajstić information content (AvgIpc) is 2.87. The van der Waals surface area contributed by atoms with Crippen LogP contribution in [-0.4, -0.2) is 65.7 Å². The molecule has 0 aliphatic carbocycles. The Hall–Kier alpha value is -3.76. The van der Waals surface area contributed by atoms with Crippen molar-refractivity contribution in [3.05, 3.63) is 71.8 Å². The Morgan fingerprint density at radius 1 is 0.676 bits per heavy atom. The van der Waals surface area contributed by atoms with Gasteiger partial charge in [0.2, 0.25) is 23.6 Å². The number of hydrogen-bond donors (Lipinski definition) is 6. The second kappa shape index (κ2) is 14.4. The van der Waals surface area contributed by atoms with Gasteiger partial charge >= 0.3 is 0 Å². The molecule has 182 valence electrons. The lowest BCUT2D eigenvalue weighted by molar-refractivity contribution is -0.132. The summed E-state index contributed by atoms with van der Waals surface area (Å²) in [6, 6.07) is 16.0. The van der Waals surface area contributed by atoms with Gasteiger partial charge in [-0.3, -0.25) is 19.2 Å². The van der Waals surface area contributed by atoms with Gasteiger partial charge in [-0.15, -0.1) is 0 Å². The van der Waals surface area contributed by atoms with Gasteiger partial charge in [0.25, 0.3) is 0 Å². The standard InChI is InChI=1S/C24H30N4O6/c29-15-19(27-21(31)12-11-17-7-3-1-4-8-17)24(34)26-14-22(32)28-20(16-30)23(33)25-13-18-9-5-2-6-10-18/h1-10,19-20,29-30H,11-16H2,(H,25,33)(H,26,34)(H,27,31)(H,28,32)/t19-,20-/m0/s1. The molecule has 0 spiro atoms. The molecule has 0 unspecified atom stereocenters. The first kappa shape index (κ1) is 26.5. The van der Waals surface area contributed by atoms with Crippen LogP contribution in [0.25, 0.3) is 0 Å². The van der Waals surface area contributed by atoms with E-state index in [1.807, 2.05) is 60.7 Å². The van der Waals surface area contributed by atoms with Gasteiger partial charge in [0.05, 0.1) is 19.8 Å². The summed E-state index contributed by atoms with van der Waals surface area (Å²) in [5.41, 5.74) is 1.82. The van der Waals surface area contributed by atoms with E-state index in [-0.39, 0.29) is 13.0 Å². The first-order valence-electron chi connectivity index (χ1n) is 10.9. The zero-order chi connectivity index (χ0) is 24.8. The van der Waals surface area contributed by atoms with Crippen LogP contribution in [0.2, 0.25) is 0 Å². The minimum atomic E-state index is -1.22. The SMILES string of the molecule is O=C(CCc1ccccc1)N[C@@H](CO)C(=O)NCC(=O)N[C@@H](CO)C(=O)NCc1ccccc1. The molecule has 0 saturated heterocycles. The number of nitrogens with one attached hydrogen (secondary N) is 4. The fraction of sp³-hybridized carbons (Fsp3) is 0.333. The molecule has 34 heavy (non-hydrogen) atoms. The van der Waals surface area contributed by atoms with E-state index in [4.69, 9.17) is 0 Å². The lowest BCUT2D eigenvalue weighted by atomic mass is 10.1. The zero-order valence-electron chi connectivity index (χ0n) is 18.7. The minimum absolute atomic E-state index is 0.130. The lowest BCUT2D eigenvalue weighted by Gasteiger charge is -2.18. The molecule has 2 aromatic carbocycles. The lowest BCUT2D eigenvalue weighted by Crippen LogP contribution is -2.53. The van der Waals surface area contributed by atoms with E-state index in [1.165, 1.54) is 0 Å². The van der Waals surface area contributed by atoms with E-state index in [1.54, 1.807) is 0 Å². The number of amides is 4. The number of aliphatic hydroxyl groups excluding tert-OH is 2. The molecule has 10 nitrogen and oxygen atoms in total. The predicted octanol–water partition coefficient (Wildman–Crippen LogP) is -0.994. The highest BCUT2D eigenvalue weighted by atomic mass is 16.3. The van der Waals surface area contributed by atoms with Crippen molar-refractivity contribution in [2.75, 3.05) is 19.8 Å². The number of carbonyl (C=O) groups is 4.